The Morgan fingerprint density at radius 1 is 1.32 bits per heavy atom. The first-order valence-corrected chi connectivity index (χ1v) is 9.66. The van der Waals surface area contributed by atoms with Crippen molar-refractivity contribution in [2.75, 3.05) is 12.4 Å². The van der Waals surface area contributed by atoms with E-state index in [2.05, 4.69) is 22.2 Å². The number of carboxylic acids is 1. The molecule has 0 spiro atoms. The largest absolute Gasteiger partial charge is 0.549 e. The van der Waals surface area contributed by atoms with Crippen LogP contribution in [-0.4, -0.2) is 39.4 Å². The monoisotopic (exact) mass is 399 g/mol. The van der Waals surface area contributed by atoms with Crippen molar-refractivity contribution in [2.24, 2.45) is 5.10 Å². The number of aryl methyl sites for hydroxylation is 1. The SMILES string of the molecule is CCCOc1ccc(/C=N\n2c(SCC(=O)[O-])nnc2-c2ccoc2C)cc1. The molecular formula is C19H19N4O4S-. The summed E-state index contributed by atoms with van der Waals surface area (Å²) in [6.45, 7) is 4.52. The van der Waals surface area contributed by atoms with E-state index >= 15 is 0 Å². The first kappa shape index (κ1) is 19.7. The molecule has 0 saturated carbocycles. The molecule has 0 saturated heterocycles. The molecule has 3 aromatic rings. The van der Waals surface area contributed by atoms with Gasteiger partial charge in [-0.05, 0) is 49.2 Å². The molecule has 2 aromatic heterocycles. The highest BCUT2D eigenvalue weighted by Gasteiger charge is 2.17. The first-order valence-electron chi connectivity index (χ1n) is 8.68. The van der Waals surface area contributed by atoms with E-state index in [-0.39, 0.29) is 5.75 Å². The van der Waals surface area contributed by atoms with E-state index in [1.165, 1.54) is 4.68 Å². The second-order valence-corrected chi connectivity index (χ2v) is 6.77. The van der Waals surface area contributed by atoms with Gasteiger partial charge in [0.1, 0.15) is 11.5 Å². The van der Waals surface area contributed by atoms with Crippen LogP contribution < -0.4 is 9.84 Å². The molecule has 3 rings (SSSR count). The number of ether oxygens (including phenoxy) is 1. The third kappa shape index (κ3) is 4.80. The zero-order valence-corrected chi connectivity index (χ0v) is 16.3. The smallest absolute Gasteiger partial charge is 0.212 e. The van der Waals surface area contributed by atoms with E-state index in [4.69, 9.17) is 9.15 Å². The summed E-state index contributed by atoms with van der Waals surface area (Å²) in [7, 11) is 0. The Bertz CT molecular complexity index is 963. The Morgan fingerprint density at radius 3 is 2.75 bits per heavy atom. The van der Waals surface area contributed by atoms with Gasteiger partial charge in [0, 0.05) is 5.75 Å². The van der Waals surface area contributed by atoms with E-state index < -0.39 is 5.97 Å². The van der Waals surface area contributed by atoms with E-state index in [9.17, 15) is 9.90 Å². The van der Waals surface area contributed by atoms with Gasteiger partial charge in [-0.3, -0.25) is 0 Å². The first-order chi connectivity index (χ1) is 13.6. The molecule has 0 N–H and O–H groups in total. The van der Waals surface area contributed by atoms with Crippen LogP contribution in [0.2, 0.25) is 0 Å². The molecule has 8 nitrogen and oxygen atoms in total. The number of hydrogen-bond donors (Lipinski definition) is 0. The number of carbonyl (C=O) groups is 1. The zero-order chi connectivity index (χ0) is 19.9. The lowest BCUT2D eigenvalue weighted by Crippen LogP contribution is -2.24. The van der Waals surface area contributed by atoms with Gasteiger partial charge in [-0.25, -0.2) is 0 Å². The molecule has 0 aliphatic heterocycles. The third-order valence-electron chi connectivity index (χ3n) is 3.71. The van der Waals surface area contributed by atoms with Gasteiger partial charge < -0.3 is 19.1 Å². The molecule has 0 aliphatic carbocycles. The quantitative estimate of drug-likeness (QED) is 0.402. The molecule has 0 aliphatic rings. The van der Waals surface area contributed by atoms with Crippen LogP contribution >= 0.6 is 11.8 Å². The summed E-state index contributed by atoms with van der Waals surface area (Å²) in [5.41, 5.74) is 1.58. The van der Waals surface area contributed by atoms with Gasteiger partial charge in [-0.15, -0.1) is 10.2 Å². The van der Waals surface area contributed by atoms with Crippen LogP contribution in [0.5, 0.6) is 5.75 Å². The highest BCUT2D eigenvalue weighted by atomic mass is 32.2. The molecule has 28 heavy (non-hydrogen) atoms. The molecule has 0 amide bonds. The van der Waals surface area contributed by atoms with Gasteiger partial charge in [0.15, 0.2) is 5.82 Å². The molecule has 0 bridgehead atoms. The maximum atomic E-state index is 10.8. The standard InChI is InChI=1S/C19H20N4O4S/c1-3-9-27-15-6-4-14(5-7-15)11-20-23-18(16-8-10-26-13(16)2)21-22-19(23)28-12-17(24)25/h4-8,10-11H,3,9,12H2,1-2H3,(H,24,25)/p-1/b20-11-. The van der Waals surface area contributed by atoms with E-state index in [0.717, 1.165) is 35.1 Å². The number of rotatable bonds is 9. The normalized spacial score (nSPS) is 11.2. The second kappa shape index (κ2) is 9.23. The summed E-state index contributed by atoms with van der Waals surface area (Å²) in [4.78, 5) is 10.8. The van der Waals surface area contributed by atoms with Crippen LogP contribution in [0, 0.1) is 6.92 Å². The molecule has 9 heteroatoms. The fourth-order valence-electron chi connectivity index (χ4n) is 2.36. The lowest BCUT2D eigenvalue weighted by atomic mass is 10.2. The van der Waals surface area contributed by atoms with Crippen LogP contribution in [0.4, 0.5) is 0 Å². The highest BCUT2D eigenvalue weighted by molar-refractivity contribution is 7.99. The van der Waals surface area contributed by atoms with Crippen molar-refractivity contribution in [2.45, 2.75) is 25.4 Å². The number of benzene rings is 1. The minimum absolute atomic E-state index is 0.249. The molecule has 0 fully saturated rings. The van der Waals surface area contributed by atoms with Crippen molar-refractivity contribution >= 4 is 23.9 Å². The topological polar surface area (TPSA) is 106 Å². The van der Waals surface area contributed by atoms with E-state index in [0.29, 0.717) is 23.3 Å². The van der Waals surface area contributed by atoms with Gasteiger partial charge in [-0.1, -0.05) is 18.7 Å². The van der Waals surface area contributed by atoms with Crippen LogP contribution in [0.25, 0.3) is 11.4 Å². The third-order valence-corrected chi connectivity index (χ3v) is 4.60. The van der Waals surface area contributed by atoms with Gasteiger partial charge >= 0.3 is 0 Å². The summed E-state index contributed by atoms with van der Waals surface area (Å²) < 4.78 is 12.4. The van der Waals surface area contributed by atoms with E-state index in [1.807, 2.05) is 24.3 Å². The Labute approximate surface area is 166 Å². The average molecular weight is 399 g/mol. The van der Waals surface area contributed by atoms with Crippen molar-refractivity contribution < 1.29 is 19.1 Å². The summed E-state index contributed by atoms with van der Waals surface area (Å²) in [5.74, 6) is 0.487. The average Bonchev–Trinajstić information content (AvgIpc) is 3.29. The van der Waals surface area contributed by atoms with Crippen molar-refractivity contribution in [3.63, 3.8) is 0 Å². The molecule has 0 radical (unpaired) electrons. The number of aliphatic carboxylic acids is 1. The fourth-order valence-corrected chi connectivity index (χ4v) is 2.96. The Morgan fingerprint density at radius 2 is 2.11 bits per heavy atom. The fraction of sp³-hybridized carbons (Fsp3) is 0.263. The minimum atomic E-state index is -1.19. The summed E-state index contributed by atoms with van der Waals surface area (Å²) in [5, 5.41) is 23.8. The van der Waals surface area contributed by atoms with Crippen LogP contribution in [0.3, 0.4) is 0 Å². The Kier molecular flexibility index (Phi) is 6.49. The number of thioether (sulfide) groups is 1. The van der Waals surface area contributed by atoms with Crippen molar-refractivity contribution in [3.8, 4) is 17.1 Å². The molecule has 1 aromatic carbocycles. The van der Waals surface area contributed by atoms with Gasteiger partial charge in [0.25, 0.3) is 0 Å². The second-order valence-electron chi connectivity index (χ2n) is 5.83. The van der Waals surface area contributed by atoms with E-state index in [1.54, 1.807) is 25.5 Å². The molecule has 146 valence electrons. The minimum Gasteiger partial charge on any atom is -0.549 e. The lowest BCUT2D eigenvalue weighted by Gasteiger charge is -2.05. The number of hydrogen-bond acceptors (Lipinski definition) is 8. The number of aromatic nitrogens is 3. The van der Waals surface area contributed by atoms with Gasteiger partial charge in [0.05, 0.1) is 30.6 Å². The lowest BCUT2D eigenvalue weighted by molar-refractivity contribution is -0.301. The number of carbonyl (C=O) groups excluding carboxylic acids is 1. The molecule has 2 heterocycles. The van der Waals surface area contributed by atoms with Gasteiger partial charge in [0.2, 0.25) is 5.16 Å². The predicted molar refractivity (Wildman–Crippen MR) is 103 cm³/mol. The Hall–Kier alpha value is -3.07. The van der Waals surface area contributed by atoms with Crippen molar-refractivity contribution in [3.05, 3.63) is 47.9 Å². The van der Waals surface area contributed by atoms with Crippen molar-refractivity contribution in [1.29, 1.82) is 0 Å². The zero-order valence-electron chi connectivity index (χ0n) is 15.5. The van der Waals surface area contributed by atoms with Crippen LogP contribution in [0.1, 0.15) is 24.7 Å². The number of nitrogens with zero attached hydrogens (tertiary/aromatic N) is 4. The summed E-state index contributed by atoms with van der Waals surface area (Å²) in [6.07, 6.45) is 4.14. The predicted octanol–water partition coefficient (Wildman–Crippen LogP) is 2.36. The summed E-state index contributed by atoms with van der Waals surface area (Å²) in [6, 6.07) is 9.27. The van der Waals surface area contributed by atoms with Gasteiger partial charge in [-0.2, -0.15) is 9.78 Å². The maximum absolute atomic E-state index is 10.8. The maximum Gasteiger partial charge on any atom is 0.212 e. The van der Waals surface area contributed by atoms with Crippen molar-refractivity contribution in [1.82, 2.24) is 14.9 Å². The number of furan rings is 1. The molecular weight excluding hydrogens is 380 g/mol. The highest BCUT2D eigenvalue weighted by Crippen LogP contribution is 2.26. The van der Waals surface area contributed by atoms with Crippen LogP contribution in [-0.2, 0) is 4.79 Å². The molecule has 0 atom stereocenters. The Balaban J connectivity index is 1.88. The number of carboxylic acid groups (broad SMARTS) is 1. The van der Waals surface area contributed by atoms with Crippen LogP contribution in [0.15, 0.2) is 51.3 Å². The summed E-state index contributed by atoms with van der Waals surface area (Å²) >= 11 is 0.989. The molecule has 0 unspecified atom stereocenters.